The fraction of sp³-hybridized carbons (Fsp3) is 0.458. The summed E-state index contributed by atoms with van der Waals surface area (Å²) in [5.74, 6) is -3.54. The zero-order chi connectivity index (χ0) is 25.5. The van der Waals surface area contributed by atoms with Gasteiger partial charge in [0.05, 0.1) is 25.1 Å². The summed E-state index contributed by atoms with van der Waals surface area (Å²) in [6.45, 7) is 2.77. The highest BCUT2D eigenvalue weighted by Crippen LogP contribution is 2.51. The highest BCUT2D eigenvalue weighted by molar-refractivity contribution is 8.00. The first-order chi connectivity index (χ1) is 16.4. The monoisotopic (exact) mass is 545 g/mol. The Morgan fingerprint density at radius 1 is 1.14 bits per heavy atom. The Morgan fingerprint density at radius 2 is 1.80 bits per heavy atom. The van der Waals surface area contributed by atoms with Crippen LogP contribution in [0, 0.1) is 17.6 Å². The number of nitrogens with two attached hydrogens (primary N) is 1. The molecule has 1 fully saturated rings. The van der Waals surface area contributed by atoms with Crippen molar-refractivity contribution in [2.24, 2.45) is 11.7 Å². The third-order valence-corrected chi connectivity index (χ3v) is 10.9. The van der Waals surface area contributed by atoms with E-state index in [0.29, 0.717) is 5.02 Å². The Balaban J connectivity index is 1.64. The summed E-state index contributed by atoms with van der Waals surface area (Å²) in [6.07, 6.45) is -0.537. The summed E-state index contributed by atoms with van der Waals surface area (Å²) in [4.78, 5) is 12.6. The van der Waals surface area contributed by atoms with Gasteiger partial charge in [-0.1, -0.05) is 11.6 Å². The molecule has 2 aromatic rings. The van der Waals surface area contributed by atoms with Crippen molar-refractivity contribution in [1.29, 1.82) is 0 Å². The van der Waals surface area contributed by atoms with E-state index in [1.807, 2.05) is 12.1 Å². The van der Waals surface area contributed by atoms with Crippen LogP contribution in [0.5, 0.6) is 5.75 Å². The second-order valence-electron chi connectivity index (χ2n) is 9.24. The Kier molecular flexibility index (Phi) is 7.39. The molecular formula is C24H26ClF2NO5S2. The van der Waals surface area contributed by atoms with Crippen molar-refractivity contribution in [3.05, 3.63) is 58.6 Å². The quantitative estimate of drug-likeness (QED) is 0.556. The van der Waals surface area contributed by atoms with Gasteiger partial charge in [0, 0.05) is 32.6 Å². The lowest BCUT2D eigenvalue weighted by molar-refractivity contribution is -0.119. The largest absolute Gasteiger partial charge is 0.490 e. The van der Waals surface area contributed by atoms with E-state index in [9.17, 15) is 17.6 Å². The van der Waals surface area contributed by atoms with Crippen LogP contribution in [0.2, 0.25) is 5.02 Å². The predicted octanol–water partition coefficient (Wildman–Crippen LogP) is 4.34. The number of rotatable bonds is 7. The van der Waals surface area contributed by atoms with E-state index in [0.717, 1.165) is 17.0 Å². The van der Waals surface area contributed by atoms with E-state index in [1.54, 1.807) is 12.1 Å². The molecule has 0 aromatic heterocycles. The predicted molar refractivity (Wildman–Crippen MR) is 131 cm³/mol. The molecule has 190 valence electrons. The molecule has 3 unspecified atom stereocenters. The normalized spacial score (nSPS) is 24.3. The van der Waals surface area contributed by atoms with Crippen LogP contribution < -0.4 is 10.5 Å². The van der Waals surface area contributed by atoms with Crippen molar-refractivity contribution in [2.45, 2.75) is 47.2 Å². The molecule has 1 saturated heterocycles. The lowest BCUT2D eigenvalue weighted by Crippen LogP contribution is -2.50. The van der Waals surface area contributed by atoms with E-state index in [2.05, 4.69) is 0 Å². The van der Waals surface area contributed by atoms with Gasteiger partial charge >= 0.3 is 0 Å². The van der Waals surface area contributed by atoms with Gasteiger partial charge in [-0.3, -0.25) is 4.79 Å². The van der Waals surface area contributed by atoms with E-state index < -0.39 is 50.1 Å². The number of thioether (sulfide) groups is 1. The zero-order valence-corrected chi connectivity index (χ0v) is 21.6. The SMILES string of the molecule is CC(C)(C(N)=O)S(=O)(=O)CC[C@@H]1OCC(Sc2ccc(Cl)cc2)C2c3c(F)ccc(F)c3OCC21. The van der Waals surface area contributed by atoms with Gasteiger partial charge < -0.3 is 15.2 Å². The van der Waals surface area contributed by atoms with E-state index in [4.69, 9.17) is 26.8 Å². The summed E-state index contributed by atoms with van der Waals surface area (Å²) < 4.78 is 65.2. The van der Waals surface area contributed by atoms with Gasteiger partial charge in [0.25, 0.3) is 0 Å². The molecule has 4 atom stereocenters. The van der Waals surface area contributed by atoms with Gasteiger partial charge in [-0.2, -0.15) is 0 Å². The maximum atomic E-state index is 15.1. The van der Waals surface area contributed by atoms with Crippen LogP contribution in [0.25, 0.3) is 0 Å². The van der Waals surface area contributed by atoms with Crippen LogP contribution in [0.1, 0.15) is 31.7 Å². The first-order valence-corrected chi connectivity index (χ1v) is 14.0. The molecule has 4 rings (SSSR count). The van der Waals surface area contributed by atoms with Crippen molar-refractivity contribution < 1.29 is 31.5 Å². The highest BCUT2D eigenvalue weighted by Gasteiger charge is 2.48. The summed E-state index contributed by atoms with van der Waals surface area (Å²) >= 11 is 7.46. The number of fused-ring (bicyclic) bond motifs is 3. The molecule has 2 aliphatic heterocycles. The van der Waals surface area contributed by atoms with Gasteiger partial charge in [-0.15, -0.1) is 11.8 Å². The summed E-state index contributed by atoms with van der Waals surface area (Å²) in [7, 11) is -3.88. The molecule has 1 amide bonds. The third-order valence-electron chi connectivity index (χ3n) is 6.81. The molecule has 2 aromatic carbocycles. The molecule has 0 spiro atoms. The van der Waals surface area contributed by atoms with Crippen molar-refractivity contribution in [3.63, 3.8) is 0 Å². The fourth-order valence-electron chi connectivity index (χ4n) is 4.52. The van der Waals surface area contributed by atoms with Crippen LogP contribution in [0.15, 0.2) is 41.3 Å². The number of primary amides is 1. The average Bonchev–Trinajstić information content (AvgIpc) is 2.81. The second-order valence-corrected chi connectivity index (χ2v) is 13.6. The molecule has 0 bridgehead atoms. The van der Waals surface area contributed by atoms with Crippen molar-refractivity contribution in [1.82, 2.24) is 0 Å². The molecule has 0 saturated carbocycles. The zero-order valence-electron chi connectivity index (χ0n) is 19.2. The summed E-state index contributed by atoms with van der Waals surface area (Å²) in [5, 5.41) is 0.298. The Morgan fingerprint density at radius 3 is 2.46 bits per heavy atom. The van der Waals surface area contributed by atoms with Crippen molar-refractivity contribution >= 4 is 39.1 Å². The minimum atomic E-state index is -3.88. The molecule has 35 heavy (non-hydrogen) atoms. The van der Waals surface area contributed by atoms with Crippen molar-refractivity contribution in [2.75, 3.05) is 19.0 Å². The fourth-order valence-corrected chi connectivity index (χ4v) is 7.28. The maximum Gasteiger partial charge on any atom is 0.238 e. The number of carbonyl (C=O) groups excluding carboxylic acids is 1. The molecule has 2 heterocycles. The lowest BCUT2D eigenvalue weighted by Gasteiger charge is -2.46. The van der Waals surface area contributed by atoms with Gasteiger partial charge in [-0.25, -0.2) is 17.2 Å². The Bertz CT molecular complexity index is 1220. The first kappa shape index (κ1) is 26.2. The van der Waals surface area contributed by atoms with Gasteiger partial charge in [0.15, 0.2) is 21.4 Å². The smallest absolute Gasteiger partial charge is 0.238 e. The van der Waals surface area contributed by atoms with E-state index >= 15 is 4.39 Å². The van der Waals surface area contributed by atoms with Gasteiger partial charge in [0.2, 0.25) is 5.91 Å². The molecule has 2 N–H and O–H groups in total. The number of carbonyl (C=O) groups is 1. The summed E-state index contributed by atoms with van der Waals surface area (Å²) in [5.41, 5.74) is 5.44. The molecule has 0 radical (unpaired) electrons. The number of halogens is 3. The average molecular weight is 546 g/mol. The number of amides is 1. The van der Waals surface area contributed by atoms with Crippen molar-refractivity contribution in [3.8, 4) is 5.75 Å². The van der Waals surface area contributed by atoms with Crippen LogP contribution >= 0.6 is 23.4 Å². The second kappa shape index (κ2) is 9.88. The molecule has 6 nitrogen and oxygen atoms in total. The molecule has 11 heteroatoms. The van der Waals surface area contributed by atoms with Crippen LogP contribution in [-0.2, 0) is 19.4 Å². The van der Waals surface area contributed by atoms with Gasteiger partial charge in [0.1, 0.15) is 10.6 Å². The van der Waals surface area contributed by atoms with Crippen LogP contribution in [-0.4, -0.2) is 49.4 Å². The minimum Gasteiger partial charge on any atom is -0.490 e. The number of benzene rings is 2. The topological polar surface area (TPSA) is 95.7 Å². The number of sulfone groups is 1. The molecular weight excluding hydrogens is 520 g/mol. The van der Waals surface area contributed by atoms with Crippen LogP contribution in [0.3, 0.4) is 0 Å². The lowest BCUT2D eigenvalue weighted by atomic mass is 9.76. The number of ether oxygens (including phenoxy) is 2. The van der Waals surface area contributed by atoms with Gasteiger partial charge in [-0.05, 0) is 56.7 Å². The first-order valence-electron chi connectivity index (χ1n) is 11.1. The highest BCUT2D eigenvalue weighted by atomic mass is 35.5. The molecule has 2 aliphatic rings. The van der Waals surface area contributed by atoms with Crippen LogP contribution in [0.4, 0.5) is 8.78 Å². The minimum absolute atomic E-state index is 0.0413. The Hall–Kier alpha value is -1.88. The summed E-state index contributed by atoms with van der Waals surface area (Å²) in [6, 6.07) is 9.29. The van der Waals surface area contributed by atoms with E-state index in [1.165, 1.54) is 25.6 Å². The Labute approximate surface area is 212 Å². The number of hydrogen-bond donors (Lipinski definition) is 1. The maximum absolute atomic E-state index is 15.1. The molecule has 0 aliphatic carbocycles. The standard InChI is InChI=1S/C24H26ClF2NO5S2/c1-24(2,23(28)29)35(30,31)10-9-18-15-11-33-22-17(27)8-7-16(26)21(22)20(15)19(12-32-18)34-14-5-3-13(25)4-6-14/h3-8,15,18-20H,9-12H2,1-2H3,(H2,28,29)/t15?,18-,19?,20?/m0/s1. The van der Waals surface area contributed by atoms with E-state index in [-0.39, 0.29) is 42.0 Å². The third kappa shape index (κ3) is 5.03. The number of hydrogen-bond acceptors (Lipinski definition) is 6.